The number of ether oxygens (including phenoxy) is 10. The molecule has 530 valence electrons. The number of aliphatic hydroxyl groups excluding tert-OH is 13. The molecule has 4 heterocycles. The van der Waals surface area contributed by atoms with Crippen molar-refractivity contribution in [1.29, 1.82) is 0 Å². The van der Waals surface area contributed by atoms with Crippen molar-refractivity contribution >= 4 is 17.9 Å². The van der Waals surface area contributed by atoms with E-state index < -0.39 is 229 Å². The summed E-state index contributed by atoms with van der Waals surface area (Å²) in [6.45, 7) is 21.5. The van der Waals surface area contributed by atoms with E-state index in [2.05, 4.69) is 19.9 Å². The average Bonchev–Trinajstić information content (AvgIpc) is 0.833. The van der Waals surface area contributed by atoms with Gasteiger partial charge in [0.1, 0.15) is 67.1 Å². The Balaban J connectivity index is 1.05. The molecule has 27 heteroatoms. The van der Waals surface area contributed by atoms with Crippen LogP contribution in [0.2, 0.25) is 0 Å². The SMILES string of the molecule is C/C=C(/C)C(=O)O[C@@H]1C(O)[C@H](C[C@H]2[C@H](OC(O)/C(C)=C\C)[C@@]3(CO)C(CC2(C)C)C2=CCC4[C@@]5(C)CC[C@H](O[C@@H]6OC(C(=O)O)[C@@H](O)[C@@H](O[C@@H]7O[C@@H](CO)[C@@H](O)C7O)C6O[C@@H]6OC(CO)[C@H](O)[C@@H](O)C6O)C(C)(C)C5CC[C@@]4(C)[C@]2(C)[C@@H](O)[C@H]3O)OC(C)[C@@H]1OC(C)=O. The third-order valence-electron chi connectivity index (χ3n) is 24.5. The zero-order valence-electron chi connectivity index (χ0n) is 55.5. The van der Waals surface area contributed by atoms with Gasteiger partial charge in [-0.25, -0.2) is 9.59 Å². The van der Waals surface area contributed by atoms with Gasteiger partial charge in [-0.15, -0.1) is 0 Å². The van der Waals surface area contributed by atoms with Crippen molar-refractivity contribution in [3.05, 3.63) is 34.9 Å². The first kappa shape index (κ1) is 74.0. The Labute approximate surface area is 542 Å². The summed E-state index contributed by atoms with van der Waals surface area (Å²) in [5.41, 5.74) is -4.32. The van der Waals surface area contributed by atoms with Crippen molar-refractivity contribution in [1.82, 2.24) is 0 Å². The van der Waals surface area contributed by atoms with Gasteiger partial charge in [-0.05, 0) is 130 Å². The minimum atomic E-state index is -2.15. The molecule has 0 radical (unpaired) electrons. The van der Waals surface area contributed by atoms with Crippen molar-refractivity contribution < 1.29 is 133 Å². The van der Waals surface area contributed by atoms with Gasteiger partial charge in [-0.3, -0.25) is 4.79 Å². The first-order valence-electron chi connectivity index (χ1n) is 32.9. The molecule has 5 aliphatic carbocycles. The predicted octanol–water partition coefficient (Wildman–Crippen LogP) is 0.141. The van der Waals surface area contributed by atoms with Crippen molar-refractivity contribution in [2.45, 2.75) is 282 Å². The van der Waals surface area contributed by atoms with E-state index in [1.165, 1.54) is 6.92 Å². The first-order valence-corrected chi connectivity index (χ1v) is 32.9. The topological polar surface area (TPSA) is 427 Å². The van der Waals surface area contributed by atoms with Gasteiger partial charge in [0, 0.05) is 17.9 Å². The van der Waals surface area contributed by atoms with Crippen molar-refractivity contribution in [3.8, 4) is 0 Å². The van der Waals surface area contributed by atoms with Crippen molar-refractivity contribution in [2.24, 2.45) is 56.2 Å². The number of carbonyl (C=O) groups excluding carboxylic acids is 2. The third kappa shape index (κ3) is 12.3. The molecule has 4 aliphatic heterocycles. The number of carboxylic acids is 1. The molecule has 0 amide bonds. The fourth-order valence-corrected chi connectivity index (χ4v) is 18.7. The third-order valence-corrected chi connectivity index (χ3v) is 24.5. The number of carbonyl (C=O) groups is 3. The molecule has 93 heavy (non-hydrogen) atoms. The van der Waals surface area contributed by atoms with Crippen LogP contribution in [0.5, 0.6) is 0 Å². The Morgan fingerprint density at radius 2 is 1.26 bits per heavy atom. The Morgan fingerprint density at radius 1 is 0.656 bits per heavy atom. The number of fused-ring (bicyclic) bond motifs is 7. The van der Waals surface area contributed by atoms with Crippen LogP contribution >= 0.6 is 0 Å². The minimum Gasteiger partial charge on any atom is -0.479 e. The molecule has 9 rings (SSSR count). The molecule has 0 aromatic carbocycles. The molecule has 9 aliphatic rings. The second-order valence-corrected chi connectivity index (χ2v) is 30.0. The maximum atomic E-state index is 13.4. The molecule has 0 bridgehead atoms. The van der Waals surface area contributed by atoms with Crippen molar-refractivity contribution in [2.75, 3.05) is 19.8 Å². The summed E-state index contributed by atoms with van der Waals surface area (Å²) < 4.78 is 61.5. The van der Waals surface area contributed by atoms with E-state index in [0.717, 1.165) is 5.57 Å². The van der Waals surface area contributed by atoms with E-state index in [1.807, 2.05) is 34.6 Å². The van der Waals surface area contributed by atoms with E-state index in [4.69, 9.17) is 47.4 Å². The molecule has 4 saturated carbocycles. The second-order valence-electron chi connectivity index (χ2n) is 30.0. The molecule has 0 spiro atoms. The Morgan fingerprint density at radius 3 is 1.83 bits per heavy atom. The summed E-state index contributed by atoms with van der Waals surface area (Å²) in [6.07, 6.45) is -30.8. The maximum Gasteiger partial charge on any atom is 0.335 e. The fourth-order valence-electron chi connectivity index (χ4n) is 18.7. The number of esters is 2. The Kier molecular flexibility index (Phi) is 21.9. The van der Waals surface area contributed by atoms with E-state index in [1.54, 1.807) is 46.8 Å². The summed E-state index contributed by atoms with van der Waals surface area (Å²) in [5.74, 6) is -4.91. The Bertz CT molecular complexity index is 2770. The largest absolute Gasteiger partial charge is 0.479 e. The van der Waals surface area contributed by atoms with E-state index in [-0.39, 0.29) is 30.3 Å². The van der Waals surface area contributed by atoms with Gasteiger partial charge in [-0.2, -0.15) is 0 Å². The number of hydrogen-bond donors (Lipinski definition) is 14. The van der Waals surface area contributed by atoms with Gasteiger partial charge in [-0.1, -0.05) is 72.3 Å². The molecule has 32 atom stereocenters. The quantitative estimate of drug-likeness (QED) is 0.0285. The van der Waals surface area contributed by atoms with Gasteiger partial charge in [0.15, 0.2) is 43.5 Å². The molecule has 11 unspecified atom stereocenters. The number of rotatable bonds is 18. The highest BCUT2D eigenvalue weighted by Gasteiger charge is 2.76. The van der Waals surface area contributed by atoms with Crippen LogP contribution in [-0.2, 0) is 61.8 Å². The lowest BCUT2D eigenvalue weighted by atomic mass is 9.32. The van der Waals surface area contributed by atoms with E-state index >= 15 is 0 Å². The standard InChI is InChI=1S/C66H104O27/c1-14-27(3)56(82)89-48-42(73)34(84-29(5)47(48)85-30(6)70)22-32-54(93-57(83)28(4)15-2)66(26-69)33(23-61(32,7)8)31-16-17-38-63(11)20-19-39(62(9,10)37(63)18-21-64(38,12)65(31,13)52(78)53(66)79)88-60-51(92-59-45(76)43(74)40(71)35(24-67)86-59)49(46(77)50(91-60)55(80)81)90-58-44(75)41(72)36(25-68)87-58/h14-16,29,32-54,57-60,67-69,71-79,83H,17-26H2,1-13H3,(H,80,81)/b27-14-,28-15-/t29?,32-,33?,34-,35?,36-,37?,38?,39-,40-,41+,42?,43+,44?,45?,46-,47-,48+,49+,50?,51?,52-,53+,54-,57?,58-,59-,60+,63-,64+,65-,66-/m0/s1. The molecule has 14 N–H and O–H groups in total. The number of aliphatic carboxylic acids is 1. The highest BCUT2D eigenvalue weighted by Crippen LogP contribution is 2.76. The fraction of sp³-hybridized carbons (Fsp3) is 0.864. The second kappa shape index (κ2) is 27.5. The maximum absolute atomic E-state index is 13.4. The van der Waals surface area contributed by atoms with Crippen LogP contribution in [0.25, 0.3) is 0 Å². The number of aliphatic hydroxyl groups is 13. The van der Waals surface area contributed by atoms with Gasteiger partial charge in [0.2, 0.25) is 0 Å². The molecule has 8 fully saturated rings. The molecular formula is C66H104O27. The van der Waals surface area contributed by atoms with Crippen LogP contribution < -0.4 is 0 Å². The molecule has 0 aromatic heterocycles. The predicted molar refractivity (Wildman–Crippen MR) is 322 cm³/mol. The first-order chi connectivity index (χ1) is 43.4. The van der Waals surface area contributed by atoms with E-state index in [0.29, 0.717) is 37.7 Å². The summed E-state index contributed by atoms with van der Waals surface area (Å²) in [6, 6.07) is 0. The summed E-state index contributed by atoms with van der Waals surface area (Å²) in [5, 5.41) is 160. The molecule has 27 nitrogen and oxygen atoms in total. The number of allylic oxidation sites excluding steroid dienone is 3. The molecule has 4 saturated heterocycles. The normalized spacial score (nSPS) is 49.2. The highest BCUT2D eigenvalue weighted by molar-refractivity contribution is 5.87. The van der Waals surface area contributed by atoms with Crippen LogP contribution in [0.1, 0.15) is 135 Å². The number of carboxylic acid groups (broad SMARTS) is 1. The lowest BCUT2D eigenvalue weighted by molar-refractivity contribution is -0.386. The van der Waals surface area contributed by atoms with Crippen LogP contribution in [-0.4, -0.2) is 256 Å². The zero-order valence-corrected chi connectivity index (χ0v) is 55.5. The van der Waals surface area contributed by atoms with Crippen LogP contribution in [0.15, 0.2) is 34.9 Å². The van der Waals surface area contributed by atoms with Gasteiger partial charge >= 0.3 is 17.9 Å². The Hall–Kier alpha value is -3.21. The minimum absolute atomic E-state index is 0.0342. The highest BCUT2D eigenvalue weighted by atomic mass is 16.8. The summed E-state index contributed by atoms with van der Waals surface area (Å²) in [7, 11) is 0. The van der Waals surface area contributed by atoms with Gasteiger partial charge in [0.25, 0.3) is 0 Å². The molecular weight excluding hydrogens is 1220 g/mol. The van der Waals surface area contributed by atoms with E-state index in [9.17, 15) is 85.9 Å². The molecule has 0 aromatic rings. The van der Waals surface area contributed by atoms with Crippen LogP contribution in [0.4, 0.5) is 0 Å². The summed E-state index contributed by atoms with van der Waals surface area (Å²) >= 11 is 0. The van der Waals surface area contributed by atoms with Gasteiger partial charge < -0.3 is 119 Å². The van der Waals surface area contributed by atoms with Crippen LogP contribution in [0, 0.1) is 56.2 Å². The zero-order chi connectivity index (χ0) is 68.9. The lowest BCUT2D eigenvalue weighted by Crippen LogP contribution is -2.76. The average molecular weight is 1330 g/mol. The van der Waals surface area contributed by atoms with Gasteiger partial charge in [0.05, 0.1) is 61.9 Å². The smallest absolute Gasteiger partial charge is 0.335 e. The number of hydrogen-bond acceptors (Lipinski definition) is 26. The summed E-state index contributed by atoms with van der Waals surface area (Å²) in [4.78, 5) is 38.8. The van der Waals surface area contributed by atoms with Crippen molar-refractivity contribution in [3.63, 3.8) is 0 Å². The van der Waals surface area contributed by atoms with Crippen LogP contribution in [0.3, 0.4) is 0 Å². The lowest BCUT2D eigenvalue weighted by Gasteiger charge is -2.74. The monoisotopic (exact) mass is 1330 g/mol.